The zero-order chi connectivity index (χ0) is 8.27. The van der Waals surface area contributed by atoms with Gasteiger partial charge in [0.1, 0.15) is 5.78 Å². The molecule has 0 aromatic carbocycles. The van der Waals surface area contributed by atoms with Crippen LogP contribution >= 0.6 is 11.9 Å². The lowest BCUT2D eigenvalue weighted by molar-refractivity contribution is -0.121. The van der Waals surface area contributed by atoms with Gasteiger partial charge in [-0.2, -0.15) is 0 Å². The second-order valence-electron chi connectivity index (χ2n) is 3.00. The molecule has 1 rings (SSSR count). The number of carbonyl (C=O) groups excluding carboxylic acids is 1. The number of ketones is 1. The van der Waals surface area contributed by atoms with Gasteiger partial charge in [-0.3, -0.25) is 9.10 Å². The van der Waals surface area contributed by atoms with Gasteiger partial charge in [-0.1, -0.05) is 11.9 Å². The molecule has 0 aromatic rings. The lowest BCUT2D eigenvalue weighted by atomic mass is 9.95. The molecule has 0 atom stereocenters. The third-order valence-electron chi connectivity index (χ3n) is 2.29. The van der Waals surface area contributed by atoms with Crippen molar-refractivity contribution < 1.29 is 4.79 Å². The third kappa shape index (κ3) is 2.49. The summed E-state index contributed by atoms with van der Waals surface area (Å²) in [4.78, 5) is 11.0. The monoisotopic (exact) mass is 173 g/mol. The van der Waals surface area contributed by atoms with Gasteiger partial charge in [0.15, 0.2) is 0 Å². The van der Waals surface area contributed by atoms with E-state index < -0.39 is 0 Å². The highest BCUT2D eigenvalue weighted by Gasteiger charge is 2.21. The fourth-order valence-corrected chi connectivity index (χ4v) is 2.02. The molecule has 0 saturated carbocycles. The van der Waals surface area contributed by atoms with E-state index in [9.17, 15) is 4.79 Å². The van der Waals surface area contributed by atoms with E-state index in [0.717, 1.165) is 25.9 Å². The van der Waals surface area contributed by atoms with Gasteiger partial charge < -0.3 is 0 Å². The van der Waals surface area contributed by atoms with Crippen molar-refractivity contribution in [3.63, 3.8) is 0 Å². The summed E-state index contributed by atoms with van der Waals surface area (Å²) in [6, 6.07) is 0. The van der Waals surface area contributed by atoms with Gasteiger partial charge in [0.05, 0.1) is 0 Å². The molecule has 1 heterocycles. The molecule has 0 aliphatic carbocycles. The van der Waals surface area contributed by atoms with Gasteiger partial charge in [0.25, 0.3) is 0 Å². The number of piperidine rings is 1. The molecule has 1 aliphatic heterocycles. The Balaban J connectivity index is 2.30. The summed E-state index contributed by atoms with van der Waals surface area (Å²) in [6.45, 7) is 3.86. The Hall–Kier alpha value is -0.0200. The number of carbonyl (C=O) groups is 1. The van der Waals surface area contributed by atoms with E-state index in [0.29, 0.717) is 11.7 Å². The smallest absolute Gasteiger partial charge is 0.133 e. The van der Waals surface area contributed by atoms with Crippen molar-refractivity contribution in [2.75, 3.05) is 19.3 Å². The molecule has 0 N–H and O–H groups in total. The zero-order valence-corrected chi connectivity index (χ0v) is 7.99. The molecule has 0 aromatic heterocycles. The van der Waals surface area contributed by atoms with E-state index in [1.807, 2.05) is 0 Å². The maximum atomic E-state index is 11.0. The second kappa shape index (κ2) is 4.12. The predicted octanol–water partition coefficient (Wildman–Crippen LogP) is 1.57. The standard InChI is InChI=1S/C8H15NOS/c1-7(10)8-3-5-9(11-2)6-4-8/h8H,3-6H2,1-2H3. The van der Waals surface area contributed by atoms with Crippen molar-refractivity contribution >= 4 is 17.7 Å². The van der Waals surface area contributed by atoms with Gasteiger partial charge in [0.2, 0.25) is 0 Å². The summed E-state index contributed by atoms with van der Waals surface area (Å²) in [7, 11) is 0. The largest absolute Gasteiger partial charge is 0.300 e. The Kier molecular flexibility index (Phi) is 3.40. The first-order valence-electron chi connectivity index (χ1n) is 4.03. The van der Waals surface area contributed by atoms with Crippen LogP contribution in [0.1, 0.15) is 19.8 Å². The van der Waals surface area contributed by atoms with Crippen molar-refractivity contribution in [3.8, 4) is 0 Å². The number of nitrogens with zero attached hydrogens (tertiary/aromatic N) is 1. The predicted molar refractivity (Wildman–Crippen MR) is 48.5 cm³/mol. The van der Waals surface area contributed by atoms with Crippen molar-refractivity contribution in [3.05, 3.63) is 0 Å². The Morgan fingerprint density at radius 1 is 1.45 bits per heavy atom. The maximum Gasteiger partial charge on any atom is 0.133 e. The minimum absolute atomic E-state index is 0.346. The van der Waals surface area contributed by atoms with Crippen LogP contribution in [0.5, 0.6) is 0 Å². The van der Waals surface area contributed by atoms with Gasteiger partial charge in [-0.25, -0.2) is 0 Å². The number of rotatable bonds is 2. The Morgan fingerprint density at radius 3 is 2.36 bits per heavy atom. The Bertz CT molecular complexity index is 141. The average molecular weight is 173 g/mol. The summed E-state index contributed by atoms with van der Waals surface area (Å²) in [5.41, 5.74) is 0. The van der Waals surface area contributed by atoms with Crippen LogP contribution in [-0.2, 0) is 4.79 Å². The highest BCUT2D eigenvalue weighted by atomic mass is 32.2. The lowest BCUT2D eigenvalue weighted by Gasteiger charge is -2.28. The first-order chi connectivity index (χ1) is 5.24. The molecule has 1 saturated heterocycles. The van der Waals surface area contributed by atoms with Gasteiger partial charge in [0, 0.05) is 19.0 Å². The van der Waals surface area contributed by atoms with Crippen LogP contribution in [0, 0.1) is 5.92 Å². The molecule has 3 heteroatoms. The van der Waals surface area contributed by atoms with Crippen LogP contribution in [0.25, 0.3) is 0 Å². The zero-order valence-electron chi connectivity index (χ0n) is 7.17. The fourth-order valence-electron chi connectivity index (χ4n) is 1.44. The Labute approximate surface area is 72.5 Å². The number of Topliss-reactive ketones (excluding diaryl/α,β-unsaturated/α-hetero) is 1. The third-order valence-corrected chi connectivity index (χ3v) is 3.17. The van der Waals surface area contributed by atoms with E-state index in [2.05, 4.69) is 10.6 Å². The van der Waals surface area contributed by atoms with Crippen molar-refractivity contribution in [1.82, 2.24) is 4.31 Å². The van der Waals surface area contributed by atoms with E-state index in [1.54, 1.807) is 18.9 Å². The van der Waals surface area contributed by atoms with Crippen LogP contribution in [0.3, 0.4) is 0 Å². The molecule has 0 radical (unpaired) electrons. The lowest BCUT2D eigenvalue weighted by Crippen LogP contribution is -2.31. The minimum Gasteiger partial charge on any atom is -0.300 e. The minimum atomic E-state index is 0.346. The first kappa shape index (κ1) is 9.07. The Morgan fingerprint density at radius 2 is 2.00 bits per heavy atom. The van der Waals surface area contributed by atoms with Crippen LogP contribution < -0.4 is 0 Å². The average Bonchev–Trinajstić information content (AvgIpc) is 2.05. The molecule has 1 aliphatic rings. The molecular weight excluding hydrogens is 158 g/mol. The van der Waals surface area contributed by atoms with Crippen molar-refractivity contribution in [1.29, 1.82) is 0 Å². The highest BCUT2D eigenvalue weighted by molar-refractivity contribution is 7.96. The van der Waals surface area contributed by atoms with Crippen LogP contribution in [0.15, 0.2) is 0 Å². The molecule has 1 fully saturated rings. The molecule has 11 heavy (non-hydrogen) atoms. The van der Waals surface area contributed by atoms with Crippen molar-refractivity contribution in [2.24, 2.45) is 5.92 Å². The summed E-state index contributed by atoms with van der Waals surface area (Å²) >= 11 is 1.78. The highest BCUT2D eigenvalue weighted by Crippen LogP contribution is 2.21. The number of hydrogen-bond acceptors (Lipinski definition) is 3. The first-order valence-corrected chi connectivity index (χ1v) is 5.21. The quantitative estimate of drug-likeness (QED) is 0.591. The molecule has 2 nitrogen and oxygen atoms in total. The van der Waals surface area contributed by atoms with Gasteiger partial charge in [-0.15, -0.1) is 0 Å². The second-order valence-corrected chi connectivity index (χ2v) is 3.88. The van der Waals surface area contributed by atoms with Crippen LogP contribution in [0.2, 0.25) is 0 Å². The van der Waals surface area contributed by atoms with Crippen LogP contribution in [-0.4, -0.2) is 29.4 Å². The van der Waals surface area contributed by atoms with E-state index in [1.165, 1.54) is 0 Å². The van der Waals surface area contributed by atoms with Gasteiger partial charge >= 0.3 is 0 Å². The number of hydrogen-bond donors (Lipinski definition) is 0. The van der Waals surface area contributed by atoms with Crippen LogP contribution in [0.4, 0.5) is 0 Å². The normalized spacial score (nSPS) is 22.0. The topological polar surface area (TPSA) is 20.3 Å². The molecule has 0 bridgehead atoms. The molecular formula is C8H15NOS. The van der Waals surface area contributed by atoms with Gasteiger partial charge in [-0.05, 0) is 26.0 Å². The summed E-state index contributed by atoms with van der Waals surface area (Å²) in [5, 5.41) is 0. The van der Waals surface area contributed by atoms with Crippen molar-refractivity contribution in [2.45, 2.75) is 19.8 Å². The summed E-state index contributed by atoms with van der Waals surface area (Å²) in [6.07, 6.45) is 4.19. The maximum absolute atomic E-state index is 11.0. The fraction of sp³-hybridized carbons (Fsp3) is 0.875. The molecule has 64 valence electrons. The molecule has 0 spiro atoms. The van der Waals surface area contributed by atoms with E-state index in [4.69, 9.17) is 0 Å². The SMILES string of the molecule is CSN1CCC(C(C)=O)CC1. The molecule has 0 unspecified atom stereocenters. The van der Waals surface area contributed by atoms with E-state index in [-0.39, 0.29) is 0 Å². The molecule has 0 amide bonds. The summed E-state index contributed by atoms with van der Waals surface area (Å²) in [5.74, 6) is 0.712. The summed E-state index contributed by atoms with van der Waals surface area (Å²) < 4.78 is 2.32. The van der Waals surface area contributed by atoms with E-state index >= 15 is 0 Å².